The maximum Gasteiger partial charge on any atom is 0.409 e. The first kappa shape index (κ1) is 12.9. The number of hydrogen-bond donors (Lipinski definition) is 0. The van der Waals surface area contributed by atoms with Crippen LogP contribution in [0.25, 0.3) is 0 Å². The normalized spacial score (nSPS) is 16.9. The summed E-state index contributed by atoms with van der Waals surface area (Å²) in [5.74, 6) is 1.69. The van der Waals surface area contributed by atoms with Crippen molar-refractivity contribution in [2.24, 2.45) is 5.92 Å². The molecule has 18 heavy (non-hydrogen) atoms. The van der Waals surface area contributed by atoms with Crippen molar-refractivity contribution < 1.29 is 9.53 Å². The molecule has 1 aliphatic rings. The molecule has 0 unspecified atom stereocenters. The number of piperidine rings is 1. The lowest BCUT2D eigenvalue weighted by atomic mass is 9.97. The van der Waals surface area contributed by atoms with Gasteiger partial charge in [-0.05, 0) is 32.6 Å². The number of imidazole rings is 1. The molecule has 5 nitrogen and oxygen atoms in total. The number of amides is 1. The second-order valence-corrected chi connectivity index (χ2v) is 4.76. The van der Waals surface area contributed by atoms with Gasteiger partial charge >= 0.3 is 6.09 Å². The summed E-state index contributed by atoms with van der Waals surface area (Å²) >= 11 is 0. The molecule has 0 bridgehead atoms. The monoisotopic (exact) mass is 251 g/mol. The lowest BCUT2D eigenvalue weighted by Gasteiger charge is -2.31. The minimum absolute atomic E-state index is 0.172. The van der Waals surface area contributed by atoms with Crippen LogP contribution in [-0.2, 0) is 11.3 Å². The third-order valence-corrected chi connectivity index (χ3v) is 3.52. The van der Waals surface area contributed by atoms with Crippen LogP contribution in [0.2, 0.25) is 0 Å². The number of likely N-dealkylation sites (tertiary alicyclic amines) is 1. The molecule has 1 aromatic rings. The Hall–Kier alpha value is -1.52. The predicted octanol–water partition coefficient (Wildman–Crippen LogP) is 2.06. The second-order valence-electron chi connectivity index (χ2n) is 4.76. The number of ether oxygens (including phenoxy) is 1. The third kappa shape index (κ3) is 3.03. The molecule has 5 heteroatoms. The molecule has 100 valence electrons. The Bertz CT molecular complexity index is 395. The lowest BCUT2D eigenvalue weighted by Crippen LogP contribution is -2.39. The Balaban J connectivity index is 1.80. The van der Waals surface area contributed by atoms with Gasteiger partial charge in [0.1, 0.15) is 5.82 Å². The molecule has 0 atom stereocenters. The number of carbonyl (C=O) groups excluding carboxylic acids is 1. The minimum Gasteiger partial charge on any atom is -0.450 e. The van der Waals surface area contributed by atoms with Crippen molar-refractivity contribution in [3.05, 3.63) is 18.2 Å². The van der Waals surface area contributed by atoms with E-state index in [9.17, 15) is 4.79 Å². The highest BCUT2D eigenvalue weighted by Crippen LogP contribution is 2.20. The molecule has 0 saturated carbocycles. The average molecular weight is 251 g/mol. The molecule has 2 heterocycles. The van der Waals surface area contributed by atoms with Crippen LogP contribution in [0.3, 0.4) is 0 Å². The summed E-state index contributed by atoms with van der Waals surface area (Å²) in [6, 6.07) is 0. The van der Waals surface area contributed by atoms with E-state index in [0.29, 0.717) is 12.5 Å². The number of aromatic nitrogens is 2. The second kappa shape index (κ2) is 5.89. The van der Waals surface area contributed by atoms with Gasteiger partial charge in [-0.3, -0.25) is 0 Å². The first-order chi connectivity index (χ1) is 8.70. The van der Waals surface area contributed by atoms with Gasteiger partial charge in [0.15, 0.2) is 0 Å². The van der Waals surface area contributed by atoms with Crippen molar-refractivity contribution in [1.82, 2.24) is 14.5 Å². The van der Waals surface area contributed by atoms with Crippen LogP contribution in [0.4, 0.5) is 4.79 Å². The molecular formula is C13H21N3O2. The quantitative estimate of drug-likeness (QED) is 0.826. The molecule has 0 spiro atoms. The van der Waals surface area contributed by atoms with E-state index in [1.807, 2.05) is 26.2 Å². The van der Waals surface area contributed by atoms with Crippen molar-refractivity contribution in [1.29, 1.82) is 0 Å². The standard InChI is InChI=1S/C13H21N3O2/c1-3-18-13(17)15-7-4-12(5-8-15)10-16-9-6-14-11(16)2/h6,9,12H,3-5,7-8,10H2,1-2H3. The molecule has 1 aromatic heterocycles. The van der Waals surface area contributed by atoms with Crippen LogP contribution < -0.4 is 0 Å². The fraction of sp³-hybridized carbons (Fsp3) is 0.692. The SMILES string of the molecule is CCOC(=O)N1CCC(Cn2ccnc2C)CC1. The highest BCUT2D eigenvalue weighted by molar-refractivity contribution is 5.67. The Morgan fingerprint density at radius 2 is 2.22 bits per heavy atom. The fourth-order valence-electron chi connectivity index (χ4n) is 2.39. The summed E-state index contributed by atoms with van der Waals surface area (Å²) in [6.07, 6.45) is 5.76. The first-order valence-corrected chi connectivity index (χ1v) is 6.60. The molecule has 1 amide bonds. The van der Waals surface area contributed by atoms with E-state index in [1.165, 1.54) is 0 Å². The summed E-state index contributed by atoms with van der Waals surface area (Å²) in [5.41, 5.74) is 0. The molecule has 2 rings (SSSR count). The highest BCUT2D eigenvalue weighted by Gasteiger charge is 2.23. The van der Waals surface area contributed by atoms with Gasteiger partial charge in [-0.25, -0.2) is 9.78 Å². The molecule has 0 N–H and O–H groups in total. The number of nitrogens with zero attached hydrogens (tertiary/aromatic N) is 3. The van der Waals surface area contributed by atoms with Gasteiger partial charge in [-0.1, -0.05) is 0 Å². The summed E-state index contributed by atoms with van der Waals surface area (Å²) < 4.78 is 7.20. The summed E-state index contributed by atoms with van der Waals surface area (Å²) in [6.45, 7) is 6.92. The zero-order valence-electron chi connectivity index (χ0n) is 11.1. The molecule has 1 aliphatic heterocycles. The lowest BCUT2D eigenvalue weighted by molar-refractivity contribution is 0.0899. The van der Waals surface area contributed by atoms with Crippen LogP contribution in [0, 0.1) is 12.8 Å². The summed E-state index contributed by atoms with van der Waals surface area (Å²) in [5, 5.41) is 0. The maximum atomic E-state index is 11.6. The van der Waals surface area contributed by atoms with Gasteiger partial charge in [0.2, 0.25) is 0 Å². The Morgan fingerprint density at radius 3 is 2.78 bits per heavy atom. The molecule has 1 fully saturated rings. The van der Waals surface area contributed by atoms with Crippen molar-refractivity contribution >= 4 is 6.09 Å². The van der Waals surface area contributed by atoms with Crippen LogP contribution in [0.15, 0.2) is 12.4 Å². The largest absolute Gasteiger partial charge is 0.450 e. The third-order valence-electron chi connectivity index (χ3n) is 3.52. The van der Waals surface area contributed by atoms with Gasteiger partial charge in [0, 0.05) is 32.0 Å². The molecule has 0 aliphatic carbocycles. The van der Waals surface area contributed by atoms with Crippen LogP contribution in [0.1, 0.15) is 25.6 Å². The Labute approximate surface area is 108 Å². The van der Waals surface area contributed by atoms with E-state index in [-0.39, 0.29) is 6.09 Å². The highest BCUT2D eigenvalue weighted by atomic mass is 16.6. The van der Waals surface area contributed by atoms with Crippen molar-refractivity contribution in [3.63, 3.8) is 0 Å². The number of rotatable bonds is 3. The van der Waals surface area contributed by atoms with E-state index < -0.39 is 0 Å². The van der Waals surface area contributed by atoms with Crippen molar-refractivity contribution in [2.45, 2.75) is 33.2 Å². The molecule has 1 saturated heterocycles. The predicted molar refractivity (Wildman–Crippen MR) is 68.3 cm³/mol. The smallest absolute Gasteiger partial charge is 0.409 e. The van der Waals surface area contributed by atoms with Gasteiger partial charge < -0.3 is 14.2 Å². The fourth-order valence-corrected chi connectivity index (χ4v) is 2.39. The van der Waals surface area contributed by atoms with Crippen LogP contribution >= 0.6 is 0 Å². The van der Waals surface area contributed by atoms with Crippen LogP contribution in [-0.4, -0.2) is 40.2 Å². The average Bonchev–Trinajstić information content (AvgIpc) is 2.76. The van der Waals surface area contributed by atoms with E-state index >= 15 is 0 Å². The van der Waals surface area contributed by atoms with Crippen molar-refractivity contribution in [3.8, 4) is 0 Å². The molecule has 0 radical (unpaired) electrons. The van der Waals surface area contributed by atoms with E-state index in [1.54, 1.807) is 4.90 Å². The van der Waals surface area contributed by atoms with E-state index in [4.69, 9.17) is 4.74 Å². The van der Waals surface area contributed by atoms with E-state index in [0.717, 1.165) is 38.3 Å². The van der Waals surface area contributed by atoms with Gasteiger partial charge in [-0.2, -0.15) is 0 Å². The zero-order valence-corrected chi connectivity index (χ0v) is 11.1. The summed E-state index contributed by atoms with van der Waals surface area (Å²) in [4.78, 5) is 17.6. The zero-order chi connectivity index (χ0) is 13.0. The number of aryl methyl sites for hydroxylation is 1. The number of carbonyl (C=O) groups is 1. The maximum absolute atomic E-state index is 11.6. The van der Waals surface area contributed by atoms with Gasteiger partial charge in [0.05, 0.1) is 6.61 Å². The van der Waals surface area contributed by atoms with E-state index in [2.05, 4.69) is 9.55 Å². The minimum atomic E-state index is -0.172. The first-order valence-electron chi connectivity index (χ1n) is 6.60. The number of hydrogen-bond acceptors (Lipinski definition) is 3. The molecular weight excluding hydrogens is 230 g/mol. The topological polar surface area (TPSA) is 47.4 Å². The van der Waals surface area contributed by atoms with Gasteiger partial charge in [0.25, 0.3) is 0 Å². The summed E-state index contributed by atoms with van der Waals surface area (Å²) in [7, 11) is 0. The van der Waals surface area contributed by atoms with Crippen LogP contribution in [0.5, 0.6) is 0 Å². The Morgan fingerprint density at radius 1 is 1.50 bits per heavy atom. The van der Waals surface area contributed by atoms with Gasteiger partial charge in [-0.15, -0.1) is 0 Å². The molecule has 0 aromatic carbocycles. The Kier molecular flexibility index (Phi) is 4.23. The van der Waals surface area contributed by atoms with Crippen molar-refractivity contribution in [2.75, 3.05) is 19.7 Å².